The van der Waals surface area contributed by atoms with Crippen LogP contribution < -0.4 is 0 Å². The van der Waals surface area contributed by atoms with Crippen molar-refractivity contribution in [1.82, 2.24) is 9.80 Å². The Morgan fingerprint density at radius 1 is 0.905 bits per heavy atom. The standard InChI is InChI=1S/C34H37BN2O5/c1-2-22-18-28-31(34(40)37(33(28)39)23-14-16-36(17-15-23)20-21-8-4-3-5-9-21)27-19-30(42-35(41)32(22)27)26-12-13-29(38)25-11-7-6-10-24(25)26/h3-13,23,27-28,30-31,38,41H,2,14-20H2,1H3/t27-,28-,30-,31+/m0/s1. The molecule has 7 nitrogen and oxygen atoms in total. The molecule has 0 unspecified atom stereocenters. The lowest BCUT2D eigenvalue weighted by Crippen LogP contribution is -2.48. The number of hydrogen-bond donors (Lipinski definition) is 2. The number of carbonyl (C=O) groups excluding carboxylic acids is 2. The highest BCUT2D eigenvalue weighted by Crippen LogP contribution is 2.53. The highest BCUT2D eigenvalue weighted by Gasteiger charge is 2.58. The Morgan fingerprint density at radius 2 is 1.62 bits per heavy atom. The molecule has 0 radical (unpaired) electrons. The first kappa shape index (κ1) is 27.4. The molecule has 2 N–H and O–H groups in total. The molecule has 216 valence electrons. The van der Waals surface area contributed by atoms with Gasteiger partial charge >= 0.3 is 7.12 Å². The van der Waals surface area contributed by atoms with Crippen LogP contribution in [-0.2, 0) is 20.8 Å². The molecule has 3 heterocycles. The van der Waals surface area contributed by atoms with Crippen LogP contribution >= 0.6 is 0 Å². The lowest BCUT2D eigenvalue weighted by molar-refractivity contribution is -0.144. The zero-order valence-corrected chi connectivity index (χ0v) is 24.0. The average Bonchev–Trinajstić information content (AvgIpc) is 3.27. The van der Waals surface area contributed by atoms with E-state index in [-0.39, 0.29) is 35.4 Å². The number of carbonyl (C=O) groups is 2. The molecule has 3 saturated heterocycles. The monoisotopic (exact) mass is 564 g/mol. The fourth-order valence-corrected chi connectivity index (χ4v) is 8.10. The van der Waals surface area contributed by atoms with E-state index in [9.17, 15) is 19.7 Å². The van der Waals surface area contributed by atoms with Crippen LogP contribution in [0.5, 0.6) is 5.75 Å². The minimum Gasteiger partial charge on any atom is -0.507 e. The van der Waals surface area contributed by atoms with Crippen molar-refractivity contribution in [1.29, 1.82) is 0 Å². The van der Waals surface area contributed by atoms with Crippen LogP contribution in [0.1, 0.15) is 56.3 Å². The highest BCUT2D eigenvalue weighted by molar-refractivity contribution is 6.53. The number of likely N-dealkylation sites (tertiary alicyclic amines) is 2. The van der Waals surface area contributed by atoms with Crippen molar-refractivity contribution in [2.45, 2.75) is 57.7 Å². The number of phenolic OH excluding ortho intramolecular Hbond substituents is 1. The van der Waals surface area contributed by atoms with E-state index in [1.807, 2.05) is 43.3 Å². The minimum atomic E-state index is -1.13. The number of nitrogens with zero attached hydrogens (tertiary/aromatic N) is 2. The van der Waals surface area contributed by atoms with Crippen LogP contribution in [0.3, 0.4) is 0 Å². The highest BCUT2D eigenvalue weighted by atomic mass is 16.5. The van der Waals surface area contributed by atoms with Crippen molar-refractivity contribution in [2.24, 2.45) is 17.8 Å². The lowest BCUT2D eigenvalue weighted by Gasteiger charge is -2.42. The first-order chi connectivity index (χ1) is 20.4. The van der Waals surface area contributed by atoms with Gasteiger partial charge in [0.2, 0.25) is 11.8 Å². The molecule has 2 amide bonds. The van der Waals surface area contributed by atoms with Gasteiger partial charge in [-0.1, -0.05) is 73.2 Å². The molecule has 3 aliphatic heterocycles. The molecule has 0 aromatic heterocycles. The normalized spacial score (nSPS) is 27.1. The fraction of sp³-hybridized carbons (Fsp3) is 0.412. The molecule has 7 rings (SSSR count). The van der Waals surface area contributed by atoms with Gasteiger partial charge in [-0.3, -0.25) is 19.4 Å². The molecule has 0 bridgehead atoms. The summed E-state index contributed by atoms with van der Waals surface area (Å²) in [5.41, 5.74) is 4.00. The molecule has 0 saturated carbocycles. The van der Waals surface area contributed by atoms with Gasteiger partial charge < -0.3 is 14.8 Å². The first-order valence-corrected chi connectivity index (χ1v) is 15.3. The Balaban J connectivity index is 1.15. The van der Waals surface area contributed by atoms with E-state index in [4.69, 9.17) is 4.65 Å². The Hall–Kier alpha value is -3.46. The number of benzene rings is 3. The molecule has 4 aliphatic rings. The van der Waals surface area contributed by atoms with E-state index < -0.39 is 19.1 Å². The van der Waals surface area contributed by atoms with Gasteiger partial charge in [-0.25, -0.2) is 0 Å². The van der Waals surface area contributed by atoms with E-state index in [0.717, 1.165) is 59.9 Å². The smallest absolute Gasteiger partial charge is 0.487 e. The van der Waals surface area contributed by atoms with Gasteiger partial charge in [0.05, 0.1) is 17.9 Å². The number of amides is 2. The van der Waals surface area contributed by atoms with E-state index in [2.05, 4.69) is 29.2 Å². The van der Waals surface area contributed by atoms with Gasteiger partial charge in [0.1, 0.15) is 5.75 Å². The summed E-state index contributed by atoms with van der Waals surface area (Å²) in [6.07, 6.45) is 2.82. The molecule has 3 aromatic rings. The van der Waals surface area contributed by atoms with Crippen LogP contribution in [0, 0.1) is 17.8 Å². The molecule has 3 aromatic carbocycles. The zero-order valence-electron chi connectivity index (χ0n) is 24.0. The summed E-state index contributed by atoms with van der Waals surface area (Å²) in [5.74, 6) is -1.05. The third-order valence-electron chi connectivity index (χ3n) is 10.1. The van der Waals surface area contributed by atoms with Gasteiger partial charge in [-0.05, 0) is 66.1 Å². The second kappa shape index (κ2) is 11.0. The van der Waals surface area contributed by atoms with Crippen molar-refractivity contribution >= 4 is 29.7 Å². The maximum absolute atomic E-state index is 14.2. The molecule has 1 aliphatic carbocycles. The second-order valence-electron chi connectivity index (χ2n) is 12.3. The number of phenols is 1. The van der Waals surface area contributed by atoms with Gasteiger partial charge in [0.25, 0.3) is 0 Å². The summed E-state index contributed by atoms with van der Waals surface area (Å²) in [6.45, 7) is 4.62. The zero-order chi connectivity index (χ0) is 29.0. The lowest BCUT2D eigenvalue weighted by atomic mass is 9.55. The number of piperidine rings is 1. The maximum atomic E-state index is 14.2. The average molecular weight is 564 g/mol. The van der Waals surface area contributed by atoms with Crippen molar-refractivity contribution in [3.8, 4) is 5.75 Å². The predicted molar refractivity (Wildman–Crippen MR) is 161 cm³/mol. The number of hydrogen-bond acceptors (Lipinski definition) is 6. The van der Waals surface area contributed by atoms with Gasteiger partial charge in [0.15, 0.2) is 0 Å². The number of allylic oxidation sites excluding steroid dienone is 2. The molecule has 42 heavy (non-hydrogen) atoms. The third kappa shape index (κ3) is 4.57. The van der Waals surface area contributed by atoms with E-state index in [1.54, 1.807) is 11.0 Å². The molecular weight excluding hydrogens is 527 g/mol. The van der Waals surface area contributed by atoms with Crippen molar-refractivity contribution in [3.63, 3.8) is 0 Å². The van der Waals surface area contributed by atoms with Gasteiger partial charge in [0, 0.05) is 31.1 Å². The van der Waals surface area contributed by atoms with E-state index >= 15 is 0 Å². The van der Waals surface area contributed by atoms with Crippen molar-refractivity contribution in [3.05, 3.63) is 88.9 Å². The Kier molecular flexibility index (Phi) is 7.17. The molecule has 8 heteroatoms. The van der Waals surface area contributed by atoms with Crippen LogP contribution in [0.4, 0.5) is 0 Å². The summed E-state index contributed by atoms with van der Waals surface area (Å²) in [5, 5.41) is 23.4. The number of imide groups is 1. The summed E-state index contributed by atoms with van der Waals surface area (Å²) in [4.78, 5) is 32.2. The van der Waals surface area contributed by atoms with E-state index in [0.29, 0.717) is 19.3 Å². The Morgan fingerprint density at radius 3 is 2.36 bits per heavy atom. The SMILES string of the molecule is CCC1=C2B(O)O[C@H](c3ccc(O)c4ccccc34)C[C@H]2[C@H]2C(=O)N(C3CCN(Cc4ccccc4)CC3)C(=O)[C@H]2C1. The third-order valence-corrected chi connectivity index (χ3v) is 10.1. The topological polar surface area (TPSA) is 90.3 Å². The second-order valence-corrected chi connectivity index (χ2v) is 12.3. The van der Waals surface area contributed by atoms with E-state index in [1.165, 1.54) is 5.56 Å². The molecular formula is C34H37BN2O5. The predicted octanol–water partition coefficient (Wildman–Crippen LogP) is 5.02. The quantitative estimate of drug-likeness (QED) is 0.334. The summed E-state index contributed by atoms with van der Waals surface area (Å²) >= 11 is 0. The van der Waals surface area contributed by atoms with Gasteiger partial charge in [-0.15, -0.1) is 0 Å². The Labute approximate surface area is 246 Å². The largest absolute Gasteiger partial charge is 0.507 e. The first-order valence-electron chi connectivity index (χ1n) is 15.3. The van der Waals surface area contributed by atoms with Gasteiger partial charge in [-0.2, -0.15) is 0 Å². The summed E-state index contributed by atoms with van der Waals surface area (Å²) in [7, 11) is -1.13. The maximum Gasteiger partial charge on any atom is 0.487 e. The van der Waals surface area contributed by atoms with Crippen molar-refractivity contribution < 1.29 is 24.4 Å². The van der Waals surface area contributed by atoms with Crippen molar-refractivity contribution in [2.75, 3.05) is 13.1 Å². The fourth-order valence-electron chi connectivity index (χ4n) is 8.10. The molecule has 4 atom stereocenters. The summed E-state index contributed by atoms with van der Waals surface area (Å²) < 4.78 is 6.24. The number of aromatic hydroxyl groups is 1. The van der Waals surface area contributed by atoms with Crippen LogP contribution in [0.15, 0.2) is 77.8 Å². The van der Waals surface area contributed by atoms with Crippen LogP contribution in [0.25, 0.3) is 10.8 Å². The number of rotatable bonds is 5. The number of fused-ring (bicyclic) bond motifs is 4. The molecule has 0 spiro atoms. The molecule has 3 fully saturated rings. The van der Waals surface area contributed by atoms with Crippen LogP contribution in [0.2, 0.25) is 0 Å². The van der Waals surface area contributed by atoms with Crippen LogP contribution in [-0.4, -0.2) is 58.0 Å². The summed E-state index contributed by atoms with van der Waals surface area (Å²) in [6, 6.07) is 21.5. The Bertz CT molecular complexity index is 1550. The minimum absolute atomic E-state index is 0.0378.